The zero-order valence-corrected chi connectivity index (χ0v) is 18.2. The van der Waals surface area contributed by atoms with Gasteiger partial charge in [-0.25, -0.2) is 4.39 Å². The molecule has 5 heteroatoms. The van der Waals surface area contributed by atoms with E-state index in [1.165, 1.54) is 12.1 Å². The standard InChI is InChI=1S/C28H23FN2O2/c1-18-9-14-25-24(15-18)28(20-10-12-22(29)13-11-20)31(17-26(32)30-25)27(33)16-21-7-4-6-19-5-2-3-8-23(19)21/h2-15,28H,16-17H2,1H3,(H,30,32)/t28-/m1/s1. The molecule has 0 saturated carbocycles. The van der Waals surface area contributed by atoms with Crippen LogP contribution in [0.25, 0.3) is 10.8 Å². The topological polar surface area (TPSA) is 49.4 Å². The average molecular weight is 439 g/mol. The van der Waals surface area contributed by atoms with Gasteiger partial charge in [-0.1, -0.05) is 72.3 Å². The Kier molecular flexibility index (Phi) is 5.38. The Balaban J connectivity index is 1.60. The molecule has 0 aliphatic carbocycles. The third kappa shape index (κ3) is 4.10. The van der Waals surface area contributed by atoms with Crippen molar-refractivity contribution < 1.29 is 14.0 Å². The maximum absolute atomic E-state index is 13.7. The zero-order chi connectivity index (χ0) is 22.9. The monoisotopic (exact) mass is 438 g/mol. The van der Waals surface area contributed by atoms with E-state index in [9.17, 15) is 14.0 Å². The van der Waals surface area contributed by atoms with Gasteiger partial charge in [0.05, 0.1) is 12.5 Å². The number of halogens is 1. The highest BCUT2D eigenvalue weighted by Gasteiger charge is 2.33. The lowest BCUT2D eigenvalue weighted by molar-refractivity contribution is -0.135. The molecule has 0 bridgehead atoms. The van der Waals surface area contributed by atoms with Crippen LogP contribution >= 0.6 is 0 Å². The molecule has 0 fully saturated rings. The van der Waals surface area contributed by atoms with Gasteiger partial charge in [-0.05, 0) is 47.0 Å². The summed E-state index contributed by atoms with van der Waals surface area (Å²) in [6, 6.07) is 25.2. The van der Waals surface area contributed by atoms with Gasteiger partial charge in [0, 0.05) is 11.3 Å². The largest absolute Gasteiger partial charge is 0.324 e. The molecule has 1 heterocycles. The van der Waals surface area contributed by atoms with Crippen molar-refractivity contribution >= 4 is 28.3 Å². The van der Waals surface area contributed by atoms with Crippen LogP contribution in [-0.2, 0) is 16.0 Å². The third-order valence-electron chi connectivity index (χ3n) is 6.13. The van der Waals surface area contributed by atoms with Gasteiger partial charge in [-0.2, -0.15) is 0 Å². The number of benzene rings is 4. The van der Waals surface area contributed by atoms with Crippen LogP contribution < -0.4 is 5.32 Å². The smallest absolute Gasteiger partial charge is 0.244 e. The van der Waals surface area contributed by atoms with Gasteiger partial charge in [-0.15, -0.1) is 0 Å². The Labute approximate surface area is 191 Å². The maximum Gasteiger partial charge on any atom is 0.244 e. The van der Waals surface area contributed by atoms with Gasteiger partial charge in [0.1, 0.15) is 12.4 Å². The highest BCUT2D eigenvalue weighted by Crippen LogP contribution is 2.37. The van der Waals surface area contributed by atoms with Gasteiger partial charge in [0.25, 0.3) is 0 Å². The number of nitrogens with one attached hydrogen (secondary N) is 1. The van der Waals surface area contributed by atoms with Gasteiger partial charge >= 0.3 is 0 Å². The maximum atomic E-state index is 13.7. The molecule has 4 aromatic rings. The molecule has 5 rings (SSSR count). The Morgan fingerprint density at radius 1 is 1.00 bits per heavy atom. The number of hydrogen-bond acceptors (Lipinski definition) is 2. The molecule has 0 unspecified atom stereocenters. The van der Waals surface area contributed by atoms with Crippen molar-refractivity contribution in [2.75, 3.05) is 11.9 Å². The Hall–Kier alpha value is -3.99. The second-order valence-corrected chi connectivity index (χ2v) is 8.43. The molecule has 4 nitrogen and oxygen atoms in total. The van der Waals surface area contributed by atoms with Crippen molar-refractivity contribution in [2.45, 2.75) is 19.4 Å². The summed E-state index contributed by atoms with van der Waals surface area (Å²) in [5, 5.41) is 5.01. The van der Waals surface area contributed by atoms with E-state index in [0.29, 0.717) is 5.69 Å². The van der Waals surface area contributed by atoms with Crippen molar-refractivity contribution in [3.05, 3.63) is 113 Å². The summed E-state index contributed by atoms with van der Waals surface area (Å²) in [5.74, 6) is -0.763. The molecular formula is C28H23FN2O2. The first kappa shape index (κ1) is 20.9. The first-order valence-corrected chi connectivity index (χ1v) is 10.9. The van der Waals surface area contributed by atoms with E-state index in [2.05, 4.69) is 5.32 Å². The van der Waals surface area contributed by atoms with Gasteiger partial charge in [-0.3, -0.25) is 9.59 Å². The summed E-state index contributed by atoms with van der Waals surface area (Å²) < 4.78 is 13.7. The van der Waals surface area contributed by atoms with E-state index >= 15 is 0 Å². The molecule has 0 aromatic heterocycles. The second-order valence-electron chi connectivity index (χ2n) is 8.43. The molecule has 164 valence electrons. The number of fused-ring (bicyclic) bond motifs is 2. The van der Waals surface area contributed by atoms with Gasteiger partial charge < -0.3 is 10.2 Å². The van der Waals surface area contributed by atoms with Crippen molar-refractivity contribution in [2.24, 2.45) is 0 Å². The predicted octanol–water partition coefficient (Wildman–Crippen LogP) is 5.40. The van der Waals surface area contributed by atoms with Crippen LogP contribution in [0.15, 0.2) is 84.9 Å². The van der Waals surface area contributed by atoms with Crippen LogP contribution in [0.4, 0.5) is 10.1 Å². The second kappa shape index (κ2) is 8.51. The number of aryl methyl sites for hydroxylation is 1. The van der Waals surface area contributed by atoms with E-state index in [1.807, 2.05) is 67.6 Å². The lowest BCUT2D eigenvalue weighted by atomic mass is 9.93. The Morgan fingerprint density at radius 3 is 2.58 bits per heavy atom. The molecule has 0 spiro atoms. The predicted molar refractivity (Wildman–Crippen MR) is 127 cm³/mol. The van der Waals surface area contributed by atoms with Crippen LogP contribution in [0.3, 0.4) is 0 Å². The Morgan fingerprint density at radius 2 is 1.76 bits per heavy atom. The summed E-state index contributed by atoms with van der Waals surface area (Å²) in [6.07, 6.45) is 0.160. The highest BCUT2D eigenvalue weighted by atomic mass is 19.1. The lowest BCUT2D eigenvalue weighted by Gasteiger charge is -2.31. The minimum atomic E-state index is -0.512. The number of anilines is 1. The summed E-state index contributed by atoms with van der Waals surface area (Å²) in [6.45, 7) is 1.89. The fraction of sp³-hybridized carbons (Fsp3) is 0.143. The van der Waals surface area contributed by atoms with Crippen molar-refractivity contribution in [3.63, 3.8) is 0 Å². The minimum Gasteiger partial charge on any atom is -0.324 e. The van der Waals surface area contributed by atoms with E-state index < -0.39 is 6.04 Å². The van der Waals surface area contributed by atoms with Gasteiger partial charge in [0.15, 0.2) is 0 Å². The van der Waals surface area contributed by atoms with Crippen LogP contribution in [0.1, 0.15) is 28.3 Å². The molecule has 1 atom stereocenters. The van der Waals surface area contributed by atoms with Crippen LogP contribution in [0, 0.1) is 12.7 Å². The third-order valence-corrected chi connectivity index (χ3v) is 6.13. The number of rotatable bonds is 3. The summed E-state index contributed by atoms with van der Waals surface area (Å²) in [5.41, 5.74) is 4.16. The molecule has 0 radical (unpaired) electrons. The number of hydrogen-bond donors (Lipinski definition) is 1. The fourth-order valence-corrected chi connectivity index (χ4v) is 4.57. The number of nitrogens with zero attached hydrogens (tertiary/aromatic N) is 1. The minimum absolute atomic E-state index is 0.0840. The van der Waals surface area contributed by atoms with Crippen LogP contribution in [0.5, 0.6) is 0 Å². The molecule has 1 N–H and O–H groups in total. The number of amides is 2. The molecular weight excluding hydrogens is 415 g/mol. The van der Waals surface area contributed by atoms with Gasteiger partial charge in [0.2, 0.25) is 11.8 Å². The molecule has 0 saturated heterocycles. The number of carbonyl (C=O) groups is 2. The van der Waals surface area contributed by atoms with Crippen LogP contribution in [-0.4, -0.2) is 23.3 Å². The van der Waals surface area contributed by atoms with E-state index in [0.717, 1.165) is 33.0 Å². The first-order valence-electron chi connectivity index (χ1n) is 10.9. The molecule has 2 amide bonds. The number of carbonyl (C=O) groups excluding carboxylic acids is 2. The highest BCUT2D eigenvalue weighted by molar-refractivity contribution is 5.98. The molecule has 1 aliphatic heterocycles. The zero-order valence-electron chi connectivity index (χ0n) is 18.2. The van der Waals surface area contributed by atoms with Crippen LogP contribution in [0.2, 0.25) is 0 Å². The van der Waals surface area contributed by atoms with Crippen molar-refractivity contribution in [1.82, 2.24) is 4.90 Å². The summed E-state index contributed by atoms with van der Waals surface area (Å²) in [7, 11) is 0. The van der Waals surface area contributed by atoms with E-state index in [1.54, 1.807) is 17.0 Å². The average Bonchev–Trinajstić information content (AvgIpc) is 2.95. The molecule has 1 aliphatic rings. The van der Waals surface area contributed by atoms with E-state index in [-0.39, 0.29) is 30.6 Å². The fourth-order valence-electron chi connectivity index (χ4n) is 4.57. The summed E-state index contributed by atoms with van der Waals surface area (Å²) in [4.78, 5) is 28.1. The normalized spacial score (nSPS) is 15.6. The quantitative estimate of drug-likeness (QED) is 0.466. The Bertz CT molecular complexity index is 1360. The lowest BCUT2D eigenvalue weighted by Crippen LogP contribution is -2.39. The summed E-state index contributed by atoms with van der Waals surface area (Å²) >= 11 is 0. The first-order chi connectivity index (χ1) is 16.0. The van der Waals surface area contributed by atoms with Crippen molar-refractivity contribution in [1.29, 1.82) is 0 Å². The molecule has 4 aromatic carbocycles. The molecule has 33 heavy (non-hydrogen) atoms. The van der Waals surface area contributed by atoms with E-state index in [4.69, 9.17) is 0 Å². The SMILES string of the molecule is Cc1ccc2c(c1)[C@@H](c1ccc(F)cc1)N(C(=O)Cc1cccc3ccccc13)CC(=O)N2. The van der Waals surface area contributed by atoms with Crippen molar-refractivity contribution in [3.8, 4) is 0 Å².